The van der Waals surface area contributed by atoms with Crippen LogP contribution in [0.2, 0.25) is 0 Å². The molecule has 1 saturated carbocycles. The molecule has 190 valence electrons. The van der Waals surface area contributed by atoms with Crippen LogP contribution in [0.15, 0.2) is 24.3 Å². The molecular formula is C26H38F3N3O2. The Morgan fingerprint density at radius 1 is 1.00 bits per heavy atom. The van der Waals surface area contributed by atoms with Gasteiger partial charge in [-0.1, -0.05) is 6.07 Å². The minimum absolute atomic E-state index is 0.0639. The lowest BCUT2D eigenvalue weighted by atomic mass is 9.83. The summed E-state index contributed by atoms with van der Waals surface area (Å²) in [5, 5.41) is 3.12. The number of Topliss-reactive ketones (excluding diaryl/α,β-unsaturated/α-hetero) is 1. The third-order valence-electron chi connectivity index (χ3n) is 7.14. The number of nitrogens with zero attached hydrogens (tertiary/aromatic N) is 2. The summed E-state index contributed by atoms with van der Waals surface area (Å²) in [6.07, 6.45) is 3.88. The average molecular weight is 482 g/mol. The summed E-state index contributed by atoms with van der Waals surface area (Å²) in [6.45, 7) is 5.83. The molecule has 0 radical (unpaired) electrons. The molecule has 0 atom stereocenters. The van der Waals surface area contributed by atoms with Gasteiger partial charge in [-0.05, 0) is 82.5 Å². The molecule has 1 aromatic carbocycles. The number of nitrogens with one attached hydrogen (secondary N) is 1. The number of piperazine rings is 1. The first-order chi connectivity index (χ1) is 16.2. The van der Waals surface area contributed by atoms with Crippen molar-refractivity contribution in [3.8, 4) is 0 Å². The van der Waals surface area contributed by atoms with E-state index < -0.39 is 11.7 Å². The normalized spacial score (nSPS) is 21.9. The largest absolute Gasteiger partial charge is 0.416 e. The quantitative estimate of drug-likeness (QED) is 0.509. The predicted molar refractivity (Wildman–Crippen MR) is 128 cm³/mol. The number of hydrogen-bond donors (Lipinski definition) is 1. The summed E-state index contributed by atoms with van der Waals surface area (Å²) >= 11 is 0. The lowest BCUT2D eigenvalue weighted by Gasteiger charge is -2.36. The van der Waals surface area contributed by atoms with Gasteiger partial charge in [-0.15, -0.1) is 0 Å². The topological polar surface area (TPSA) is 52.7 Å². The second kappa shape index (κ2) is 12.6. The van der Waals surface area contributed by atoms with Crippen LogP contribution in [0.1, 0.15) is 70.3 Å². The van der Waals surface area contributed by atoms with Gasteiger partial charge in [-0.3, -0.25) is 9.69 Å². The van der Waals surface area contributed by atoms with E-state index in [4.69, 9.17) is 0 Å². The van der Waals surface area contributed by atoms with Crippen molar-refractivity contribution in [2.45, 2.75) is 76.9 Å². The number of benzene rings is 1. The van der Waals surface area contributed by atoms with Gasteiger partial charge in [0.2, 0.25) is 5.91 Å². The van der Waals surface area contributed by atoms with Crippen LogP contribution in [0.25, 0.3) is 0 Å². The molecule has 2 fully saturated rings. The Morgan fingerprint density at radius 3 is 2.35 bits per heavy atom. The standard InChI is InChI=1S/C26H38F3N3O2/c1-20(33)5-2-9-25(34)30-23-12-10-21(11-13-23)6-4-14-31-15-17-32(18-16-31)24-8-3-7-22(19-24)26(27,28)29/h3,7-8,19,21,23H,2,4-6,9-18H2,1H3,(H,30,34). The number of hydrogen-bond acceptors (Lipinski definition) is 4. The highest BCUT2D eigenvalue weighted by Gasteiger charge is 2.31. The van der Waals surface area contributed by atoms with Crippen molar-refractivity contribution in [2.24, 2.45) is 5.92 Å². The van der Waals surface area contributed by atoms with Crippen molar-refractivity contribution in [3.05, 3.63) is 29.8 Å². The van der Waals surface area contributed by atoms with Gasteiger partial charge in [0.15, 0.2) is 0 Å². The first-order valence-corrected chi connectivity index (χ1v) is 12.6. The number of carbonyl (C=O) groups excluding carboxylic acids is 2. The number of carbonyl (C=O) groups is 2. The summed E-state index contributed by atoms with van der Waals surface area (Å²) in [5.41, 5.74) is 0.0619. The van der Waals surface area contributed by atoms with Gasteiger partial charge >= 0.3 is 6.18 Å². The third kappa shape index (κ3) is 8.60. The number of halogens is 3. The highest BCUT2D eigenvalue weighted by atomic mass is 19.4. The summed E-state index contributed by atoms with van der Waals surface area (Å²) in [6, 6.07) is 5.89. The molecule has 0 bridgehead atoms. The van der Waals surface area contributed by atoms with Crippen LogP contribution >= 0.6 is 0 Å². The zero-order valence-corrected chi connectivity index (χ0v) is 20.2. The fourth-order valence-corrected chi connectivity index (χ4v) is 5.11. The molecule has 1 heterocycles. The first kappa shape index (κ1) is 26.5. The molecule has 1 aliphatic carbocycles. The van der Waals surface area contributed by atoms with Crippen molar-refractivity contribution in [2.75, 3.05) is 37.6 Å². The zero-order valence-electron chi connectivity index (χ0n) is 20.2. The van der Waals surface area contributed by atoms with Crippen LogP contribution in [0, 0.1) is 5.92 Å². The summed E-state index contributed by atoms with van der Waals surface area (Å²) < 4.78 is 38.9. The Labute approximate surface area is 201 Å². The van der Waals surface area contributed by atoms with Crippen LogP contribution in [0.5, 0.6) is 0 Å². The minimum Gasteiger partial charge on any atom is -0.369 e. The minimum atomic E-state index is -4.31. The number of ketones is 1. The fourth-order valence-electron chi connectivity index (χ4n) is 5.11. The van der Waals surface area contributed by atoms with Crippen molar-refractivity contribution < 1.29 is 22.8 Å². The molecule has 8 heteroatoms. The van der Waals surface area contributed by atoms with Gasteiger partial charge in [-0.25, -0.2) is 0 Å². The Balaban J connectivity index is 1.28. The van der Waals surface area contributed by atoms with E-state index in [0.29, 0.717) is 30.9 Å². The van der Waals surface area contributed by atoms with E-state index in [1.54, 1.807) is 13.0 Å². The van der Waals surface area contributed by atoms with Gasteiger partial charge in [0, 0.05) is 50.7 Å². The van der Waals surface area contributed by atoms with Crippen LogP contribution in [0.3, 0.4) is 0 Å². The summed E-state index contributed by atoms with van der Waals surface area (Å²) in [4.78, 5) is 27.5. The number of alkyl halides is 3. The Bertz CT molecular complexity index is 799. The number of rotatable bonds is 10. The van der Waals surface area contributed by atoms with Crippen LogP contribution in [-0.2, 0) is 15.8 Å². The van der Waals surface area contributed by atoms with Crippen LogP contribution < -0.4 is 10.2 Å². The molecule has 1 aromatic rings. The van der Waals surface area contributed by atoms with E-state index >= 15 is 0 Å². The van der Waals surface area contributed by atoms with E-state index in [2.05, 4.69) is 10.2 Å². The second-order valence-electron chi connectivity index (χ2n) is 9.86. The number of amides is 1. The molecule has 0 spiro atoms. The summed E-state index contributed by atoms with van der Waals surface area (Å²) in [5.74, 6) is 0.900. The SMILES string of the molecule is CC(=O)CCCC(=O)NC1CCC(CCCN2CCN(c3cccc(C(F)(F)F)c3)CC2)CC1. The maximum absolute atomic E-state index is 13.0. The zero-order chi connectivity index (χ0) is 24.6. The lowest BCUT2D eigenvalue weighted by molar-refractivity contribution is -0.137. The molecule has 5 nitrogen and oxygen atoms in total. The molecule has 0 aromatic heterocycles. The highest BCUT2D eigenvalue weighted by Crippen LogP contribution is 2.32. The maximum atomic E-state index is 13.0. The van der Waals surface area contributed by atoms with Gasteiger partial charge in [0.05, 0.1) is 5.56 Å². The Morgan fingerprint density at radius 2 is 1.71 bits per heavy atom. The van der Waals surface area contributed by atoms with Gasteiger partial charge < -0.3 is 15.0 Å². The maximum Gasteiger partial charge on any atom is 0.416 e. The van der Waals surface area contributed by atoms with Crippen molar-refractivity contribution in [1.82, 2.24) is 10.2 Å². The molecule has 1 saturated heterocycles. The van der Waals surface area contributed by atoms with E-state index in [1.165, 1.54) is 18.6 Å². The van der Waals surface area contributed by atoms with Gasteiger partial charge in [-0.2, -0.15) is 13.2 Å². The van der Waals surface area contributed by atoms with Crippen molar-refractivity contribution in [3.63, 3.8) is 0 Å². The molecular weight excluding hydrogens is 443 g/mol. The van der Waals surface area contributed by atoms with E-state index in [0.717, 1.165) is 70.9 Å². The van der Waals surface area contributed by atoms with Crippen LogP contribution in [-0.4, -0.2) is 55.4 Å². The molecule has 34 heavy (non-hydrogen) atoms. The molecule has 1 aliphatic heterocycles. The Hall–Kier alpha value is -2.09. The summed E-state index contributed by atoms with van der Waals surface area (Å²) in [7, 11) is 0. The molecule has 3 rings (SSSR count). The van der Waals surface area contributed by atoms with Crippen molar-refractivity contribution in [1.29, 1.82) is 0 Å². The van der Waals surface area contributed by atoms with Gasteiger partial charge in [0.25, 0.3) is 0 Å². The fraction of sp³-hybridized carbons (Fsp3) is 0.692. The molecule has 1 N–H and O–H groups in total. The number of anilines is 1. The van der Waals surface area contributed by atoms with E-state index in [1.807, 2.05) is 4.90 Å². The van der Waals surface area contributed by atoms with Crippen molar-refractivity contribution >= 4 is 17.4 Å². The molecule has 1 amide bonds. The Kier molecular flexibility index (Phi) is 9.80. The van der Waals surface area contributed by atoms with Gasteiger partial charge in [0.1, 0.15) is 5.78 Å². The molecule has 2 aliphatic rings. The second-order valence-corrected chi connectivity index (χ2v) is 9.86. The highest BCUT2D eigenvalue weighted by molar-refractivity contribution is 5.78. The monoisotopic (exact) mass is 481 g/mol. The molecule has 0 unspecified atom stereocenters. The van der Waals surface area contributed by atoms with Crippen LogP contribution in [0.4, 0.5) is 18.9 Å². The van der Waals surface area contributed by atoms with E-state index in [9.17, 15) is 22.8 Å². The third-order valence-corrected chi connectivity index (χ3v) is 7.14. The lowest BCUT2D eigenvalue weighted by Crippen LogP contribution is -2.46. The average Bonchev–Trinajstić information content (AvgIpc) is 2.80. The smallest absolute Gasteiger partial charge is 0.369 e. The predicted octanol–water partition coefficient (Wildman–Crippen LogP) is 5.04. The van der Waals surface area contributed by atoms with E-state index in [-0.39, 0.29) is 17.7 Å². The first-order valence-electron chi connectivity index (χ1n) is 12.6.